The van der Waals surface area contributed by atoms with Gasteiger partial charge in [0.1, 0.15) is 0 Å². The average Bonchev–Trinajstić information content (AvgIpc) is 2.68. The van der Waals surface area contributed by atoms with E-state index in [9.17, 15) is 5.26 Å². The van der Waals surface area contributed by atoms with Gasteiger partial charge >= 0.3 is 0 Å². The standard InChI is InChI=1S/C24H21N3/c1-17-8-6-7-11-26(17)23-13-20(15-25)14-24(19(23)3)27-16-22-10-5-4-9-21(22)12-18(27)2/h4-14,16H,1-3H3/q+2. The SMILES string of the molecule is Cc1c(-[n+]2ccccc2C)cc(C#N)cc1-[n+]1cc2ccccc2cc1C. The van der Waals surface area contributed by atoms with Crippen LogP contribution in [-0.2, 0) is 0 Å². The third-order valence-corrected chi connectivity index (χ3v) is 5.07. The van der Waals surface area contributed by atoms with Crippen LogP contribution in [0.5, 0.6) is 0 Å². The summed E-state index contributed by atoms with van der Waals surface area (Å²) in [6.45, 7) is 6.30. The zero-order valence-corrected chi connectivity index (χ0v) is 15.8. The molecule has 27 heavy (non-hydrogen) atoms. The topological polar surface area (TPSA) is 31.5 Å². The maximum atomic E-state index is 9.61. The Balaban J connectivity index is 2.02. The molecule has 3 heteroatoms. The summed E-state index contributed by atoms with van der Waals surface area (Å²) < 4.78 is 4.32. The number of rotatable bonds is 2. The summed E-state index contributed by atoms with van der Waals surface area (Å²) in [5, 5.41) is 12.0. The third-order valence-electron chi connectivity index (χ3n) is 5.07. The van der Waals surface area contributed by atoms with Gasteiger partial charge in [-0.25, -0.2) is 0 Å². The van der Waals surface area contributed by atoms with Crippen LogP contribution in [0.15, 0.2) is 73.1 Å². The summed E-state index contributed by atoms with van der Waals surface area (Å²) in [4.78, 5) is 0. The van der Waals surface area contributed by atoms with Crippen molar-refractivity contribution in [3.8, 4) is 17.4 Å². The van der Waals surface area contributed by atoms with Gasteiger partial charge in [0.05, 0.1) is 17.2 Å². The molecule has 0 aliphatic rings. The van der Waals surface area contributed by atoms with E-state index in [1.54, 1.807) is 0 Å². The molecule has 0 aliphatic heterocycles. The maximum Gasteiger partial charge on any atom is 0.221 e. The van der Waals surface area contributed by atoms with Crippen molar-refractivity contribution < 1.29 is 9.13 Å². The van der Waals surface area contributed by atoms with Gasteiger partial charge in [-0.2, -0.15) is 14.4 Å². The van der Waals surface area contributed by atoms with Gasteiger partial charge in [-0.15, -0.1) is 0 Å². The lowest BCUT2D eigenvalue weighted by atomic mass is 10.1. The van der Waals surface area contributed by atoms with E-state index in [1.165, 1.54) is 10.8 Å². The Bertz CT molecular complexity index is 1220. The van der Waals surface area contributed by atoms with E-state index in [0.29, 0.717) is 5.56 Å². The van der Waals surface area contributed by atoms with Gasteiger partial charge in [0.2, 0.25) is 11.4 Å². The van der Waals surface area contributed by atoms with Crippen molar-refractivity contribution in [1.29, 1.82) is 5.26 Å². The maximum absolute atomic E-state index is 9.61. The van der Waals surface area contributed by atoms with E-state index in [-0.39, 0.29) is 0 Å². The molecule has 4 aromatic rings. The second-order valence-electron chi connectivity index (χ2n) is 6.88. The second kappa shape index (κ2) is 6.66. The van der Waals surface area contributed by atoms with E-state index < -0.39 is 0 Å². The minimum Gasteiger partial charge on any atom is -0.192 e. The van der Waals surface area contributed by atoms with Crippen molar-refractivity contribution in [3.63, 3.8) is 0 Å². The first-order chi connectivity index (χ1) is 13.1. The van der Waals surface area contributed by atoms with Crippen molar-refractivity contribution in [1.82, 2.24) is 0 Å². The molecule has 0 fully saturated rings. The van der Waals surface area contributed by atoms with E-state index in [1.807, 2.05) is 30.5 Å². The molecule has 0 unspecified atom stereocenters. The van der Waals surface area contributed by atoms with Crippen LogP contribution in [-0.4, -0.2) is 0 Å². The van der Waals surface area contributed by atoms with Gasteiger partial charge in [-0.05, 0) is 18.4 Å². The first-order valence-corrected chi connectivity index (χ1v) is 9.02. The predicted octanol–water partition coefficient (Wildman–Crippen LogP) is 4.19. The van der Waals surface area contributed by atoms with Crippen LogP contribution < -0.4 is 9.13 Å². The lowest BCUT2D eigenvalue weighted by Crippen LogP contribution is -2.39. The predicted molar refractivity (Wildman–Crippen MR) is 106 cm³/mol. The molecule has 2 aromatic carbocycles. The molecule has 130 valence electrons. The molecule has 0 spiro atoms. The minimum atomic E-state index is 0.654. The zero-order chi connectivity index (χ0) is 19.0. The lowest BCUT2D eigenvalue weighted by Gasteiger charge is -2.08. The number of aromatic nitrogens is 2. The summed E-state index contributed by atoms with van der Waals surface area (Å²) in [6, 6.07) is 22.9. The molecule has 0 aliphatic carbocycles. The molecule has 2 aromatic heterocycles. The molecule has 0 bridgehead atoms. The Labute approximate surface area is 159 Å². The van der Waals surface area contributed by atoms with Crippen LogP contribution in [0.4, 0.5) is 0 Å². The molecular formula is C24H21N3+2. The quantitative estimate of drug-likeness (QED) is 0.498. The van der Waals surface area contributed by atoms with Crippen molar-refractivity contribution >= 4 is 10.8 Å². The highest BCUT2D eigenvalue weighted by Crippen LogP contribution is 2.20. The lowest BCUT2D eigenvalue weighted by molar-refractivity contribution is -0.611. The Hall–Kier alpha value is -3.51. The number of nitrogens with zero attached hydrogens (tertiary/aromatic N) is 3. The van der Waals surface area contributed by atoms with Gasteiger partial charge in [0.15, 0.2) is 23.8 Å². The summed E-state index contributed by atoms with van der Waals surface area (Å²) >= 11 is 0. The fourth-order valence-electron chi connectivity index (χ4n) is 3.60. The van der Waals surface area contributed by atoms with E-state index >= 15 is 0 Å². The fourth-order valence-corrected chi connectivity index (χ4v) is 3.60. The minimum absolute atomic E-state index is 0.654. The molecule has 0 N–H and O–H groups in total. The molecule has 4 rings (SSSR count). The Morgan fingerprint density at radius 3 is 2.11 bits per heavy atom. The second-order valence-corrected chi connectivity index (χ2v) is 6.88. The summed E-state index contributed by atoms with van der Waals surface area (Å²) in [6.07, 6.45) is 4.20. The zero-order valence-electron chi connectivity index (χ0n) is 15.8. The summed E-state index contributed by atoms with van der Waals surface area (Å²) in [5.41, 5.74) is 6.11. The van der Waals surface area contributed by atoms with Crippen LogP contribution in [0.3, 0.4) is 0 Å². The van der Waals surface area contributed by atoms with Crippen LogP contribution in [0.2, 0.25) is 0 Å². The number of nitriles is 1. The van der Waals surface area contributed by atoms with Crippen molar-refractivity contribution in [2.75, 3.05) is 0 Å². The van der Waals surface area contributed by atoms with Gasteiger partial charge in [-0.1, -0.05) is 24.3 Å². The van der Waals surface area contributed by atoms with Crippen LogP contribution in [0.25, 0.3) is 22.1 Å². The number of pyridine rings is 2. The number of fused-ring (bicyclic) bond motifs is 1. The highest BCUT2D eigenvalue weighted by atomic mass is 15.0. The molecule has 0 saturated heterocycles. The van der Waals surface area contributed by atoms with Crippen LogP contribution in [0.1, 0.15) is 22.5 Å². The summed E-state index contributed by atoms with van der Waals surface area (Å²) in [5.74, 6) is 0. The van der Waals surface area contributed by atoms with Crippen molar-refractivity contribution in [2.24, 2.45) is 0 Å². The number of hydrogen-bond donors (Lipinski definition) is 0. The van der Waals surface area contributed by atoms with Gasteiger partial charge in [-0.3, -0.25) is 0 Å². The number of aryl methyl sites for hydroxylation is 2. The molecular weight excluding hydrogens is 330 g/mol. The molecule has 0 saturated carbocycles. The van der Waals surface area contributed by atoms with Gasteiger partial charge < -0.3 is 0 Å². The Morgan fingerprint density at radius 1 is 0.741 bits per heavy atom. The summed E-state index contributed by atoms with van der Waals surface area (Å²) in [7, 11) is 0. The van der Waals surface area contributed by atoms with E-state index in [0.717, 1.165) is 28.3 Å². The normalized spacial score (nSPS) is 10.7. The van der Waals surface area contributed by atoms with Crippen molar-refractivity contribution in [2.45, 2.75) is 20.8 Å². The third kappa shape index (κ3) is 2.96. The first-order valence-electron chi connectivity index (χ1n) is 9.02. The smallest absolute Gasteiger partial charge is 0.192 e. The Kier molecular flexibility index (Phi) is 4.18. The van der Waals surface area contributed by atoms with E-state index in [2.05, 4.69) is 78.6 Å². The monoisotopic (exact) mass is 351 g/mol. The van der Waals surface area contributed by atoms with Crippen LogP contribution >= 0.6 is 0 Å². The highest BCUT2D eigenvalue weighted by molar-refractivity contribution is 5.81. The van der Waals surface area contributed by atoms with Crippen LogP contribution in [0, 0.1) is 32.1 Å². The van der Waals surface area contributed by atoms with E-state index in [4.69, 9.17) is 0 Å². The fraction of sp³-hybridized carbons (Fsp3) is 0.125. The molecule has 2 heterocycles. The highest BCUT2D eigenvalue weighted by Gasteiger charge is 2.24. The first kappa shape index (κ1) is 16.9. The van der Waals surface area contributed by atoms with Gasteiger partial charge in [0, 0.05) is 49.6 Å². The number of hydrogen-bond acceptors (Lipinski definition) is 1. The number of benzene rings is 2. The molecule has 0 radical (unpaired) electrons. The van der Waals surface area contributed by atoms with Gasteiger partial charge in [0.25, 0.3) is 0 Å². The largest absolute Gasteiger partial charge is 0.221 e. The van der Waals surface area contributed by atoms with Crippen molar-refractivity contribution in [3.05, 3.63) is 95.6 Å². The Morgan fingerprint density at radius 2 is 1.41 bits per heavy atom. The molecule has 3 nitrogen and oxygen atoms in total. The molecule has 0 amide bonds. The molecule has 0 atom stereocenters. The average molecular weight is 351 g/mol.